The molecule has 1 aromatic heterocycles. The van der Waals surface area contributed by atoms with Crippen LogP contribution in [0.1, 0.15) is 29.9 Å². The van der Waals surface area contributed by atoms with E-state index in [1.807, 2.05) is 32.2 Å². The Labute approximate surface area is 130 Å². The molecule has 112 valence electrons. The third-order valence-electron chi connectivity index (χ3n) is 3.82. The smallest absolute Gasteiger partial charge is 0.123 e. The van der Waals surface area contributed by atoms with Crippen molar-refractivity contribution in [2.45, 2.75) is 38.9 Å². The van der Waals surface area contributed by atoms with E-state index in [4.69, 9.17) is 16.0 Å². The zero-order valence-electron chi connectivity index (χ0n) is 12.5. The molecule has 0 aliphatic heterocycles. The molecule has 4 heteroatoms. The predicted octanol–water partition coefficient (Wildman–Crippen LogP) is 4.13. The van der Waals surface area contributed by atoms with E-state index in [2.05, 4.69) is 22.3 Å². The van der Waals surface area contributed by atoms with Gasteiger partial charge in [0.05, 0.1) is 6.54 Å². The quantitative estimate of drug-likeness (QED) is 0.870. The van der Waals surface area contributed by atoms with Crippen LogP contribution >= 0.6 is 11.6 Å². The maximum absolute atomic E-state index is 6.39. The molecule has 0 spiro atoms. The molecule has 21 heavy (non-hydrogen) atoms. The number of halogens is 1. The lowest BCUT2D eigenvalue weighted by Gasteiger charge is -2.19. The SMILES string of the molecule is Cc1ccc(CN(C)c2ccc(CNC3CC3)c(Cl)c2)o1. The minimum absolute atomic E-state index is 0.700. The number of anilines is 1. The van der Waals surface area contributed by atoms with Crippen molar-refractivity contribution < 1.29 is 4.42 Å². The number of hydrogen-bond donors (Lipinski definition) is 1. The predicted molar refractivity (Wildman–Crippen MR) is 86.9 cm³/mol. The Morgan fingerprint density at radius 2 is 2.10 bits per heavy atom. The van der Waals surface area contributed by atoms with E-state index >= 15 is 0 Å². The molecule has 0 bridgehead atoms. The summed E-state index contributed by atoms with van der Waals surface area (Å²) in [5, 5.41) is 4.31. The first kappa shape index (κ1) is 14.5. The maximum Gasteiger partial charge on any atom is 0.123 e. The maximum atomic E-state index is 6.39. The molecule has 1 N–H and O–H groups in total. The molecular weight excluding hydrogens is 284 g/mol. The van der Waals surface area contributed by atoms with Crippen molar-refractivity contribution in [3.8, 4) is 0 Å². The molecule has 0 unspecified atom stereocenters. The summed E-state index contributed by atoms with van der Waals surface area (Å²) in [5.74, 6) is 1.91. The minimum atomic E-state index is 0.700. The van der Waals surface area contributed by atoms with Crippen molar-refractivity contribution in [1.82, 2.24) is 5.32 Å². The lowest BCUT2D eigenvalue weighted by atomic mass is 10.2. The normalized spacial score (nSPS) is 14.4. The lowest BCUT2D eigenvalue weighted by Crippen LogP contribution is -2.17. The molecule has 3 nitrogen and oxygen atoms in total. The van der Waals surface area contributed by atoms with Gasteiger partial charge in [0.1, 0.15) is 11.5 Å². The van der Waals surface area contributed by atoms with Gasteiger partial charge in [-0.1, -0.05) is 17.7 Å². The topological polar surface area (TPSA) is 28.4 Å². The highest BCUT2D eigenvalue weighted by atomic mass is 35.5. The summed E-state index contributed by atoms with van der Waals surface area (Å²) < 4.78 is 5.62. The summed E-state index contributed by atoms with van der Waals surface area (Å²) >= 11 is 6.39. The summed E-state index contributed by atoms with van der Waals surface area (Å²) in [7, 11) is 2.05. The number of furan rings is 1. The Kier molecular flexibility index (Phi) is 4.22. The van der Waals surface area contributed by atoms with Crippen molar-refractivity contribution in [3.63, 3.8) is 0 Å². The van der Waals surface area contributed by atoms with Crippen LogP contribution in [0, 0.1) is 6.92 Å². The third-order valence-corrected chi connectivity index (χ3v) is 4.18. The van der Waals surface area contributed by atoms with E-state index in [9.17, 15) is 0 Å². The zero-order chi connectivity index (χ0) is 14.8. The zero-order valence-corrected chi connectivity index (χ0v) is 13.3. The Morgan fingerprint density at radius 3 is 2.71 bits per heavy atom. The van der Waals surface area contributed by atoms with E-state index in [0.717, 1.165) is 40.9 Å². The molecule has 0 radical (unpaired) electrons. The Balaban J connectivity index is 1.65. The van der Waals surface area contributed by atoms with Crippen LogP contribution in [0.2, 0.25) is 5.02 Å². The molecule has 3 rings (SSSR count). The van der Waals surface area contributed by atoms with Gasteiger partial charge in [-0.05, 0) is 49.6 Å². The molecule has 1 aliphatic rings. The van der Waals surface area contributed by atoms with Gasteiger partial charge in [0.15, 0.2) is 0 Å². The highest BCUT2D eigenvalue weighted by molar-refractivity contribution is 6.31. The van der Waals surface area contributed by atoms with Gasteiger partial charge in [-0.3, -0.25) is 0 Å². The Morgan fingerprint density at radius 1 is 1.29 bits per heavy atom. The minimum Gasteiger partial charge on any atom is -0.464 e. The van der Waals surface area contributed by atoms with Gasteiger partial charge < -0.3 is 14.6 Å². The van der Waals surface area contributed by atoms with Crippen molar-refractivity contribution in [2.75, 3.05) is 11.9 Å². The van der Waals surface area contributed by atoms with E-state index in [-0.39, 0.29) is 0 Å². The van der Waals surface area contributed by atoms with Crippen molar-refractivity contribution in [3.05, 3.63) is 52.4 Å². The van der Waals surface area contributed by atoms with E-state index < -0.39 is 0 Å². The summed E-state index contributed by atoms with van der Waals surface area (Å²) in [4.78, 5) is 2.14. The molecule has 1 aromatic carbocycles. The summed E-state index contributed by atoms with van der Waals surface area (Å²) in [6.07, 6.45) is 2.59. The summed E-state index contributed by atoms with van der Waals surface area (Å²) in [5.41, 5.74) is 2.26. The molecule has 2 aromatic rings. The van der Waals surface area contributed by atoms with Crippen LogP contribution in [0.25, 0.3) is 0 Å². The Bertz CT molecular complexity index is 619. The Hall–Kier alpha value is -1.45. The first-order valence-corrected chi connectivity index (χ1v) is 7.78. The fourth-order valence-electron chi connectivity index (χ4n) is 2.35. The third kappa shape index (κ3) is 3.80. The molecular formula is C17H21ClN2O. The average molecular weight is 305 g/mol. The molecule has 1 aliphatic carbocycles. The van der Waals surface area contributed by atoms with Crippen LogP contribution in [0.5, 0.6) is 0 Å². The highest BCUT2D eigenvalue weighted by Gasteiger charge is 2.20. The molecule has 1 saturated carbocycles. The number of hydrogen-bond acceptors (Lipinski definition) is 3. The monoisotopic (exact) mass is 304 g/mol. The van der Waals surface area contributed by atoms with E-state index in [0.29, 0.717) is 6.04 Å². The lowest BCUT2D eigenvalue weighted by molar-refractivity contribution is 0.482. The van der Waals surface area contributed by atoms with Gasteiger partial charge in [0, 0.05) is 30.3 Å². The molecule has 0 amide bonds. The number of rotatable bonds is 6. The fourth-order valence-corrected chi connectivity index (χ4v) is 2.60. The first-order chi connectivity index (χ1) is 10.1. The van der Waals surface area contributed by atoms with Gasteiger partial charge in [-0.2, -0.15) is 0 Å². The van der Waals surface area contributed by atoms with E-state index in [1.165, 1.54) is 12.8 Å². The standard InChI is InChI=1S/C17H21ClN2O/c1-12-3-8-16(21-12)11-20(2)15-7-4-13(17(18)9-15)10-19-14-5-6-14/h3-4,7-9,14,19H,5-6,10-11H2,1-2H3. The van der Waals surface area contributed by atoms with Crippen molar-refractivity contribution in [2.24, 2.45) is 0 Å². The van der Waals surface area contributed by atoms with Gasteiger partial charge in [0.2, 0.25) is 0 Å². The van der Waals surface area contributed by atoms with Crippen LogP contribution in [-0.2, 0) is 13.1 Å². The molecule has 1 heterocycles. The van der Waals surface area contributed by atoms with Gasteiger partial charge in [0.25, 0.3) is 0 Å². The van der Waals surface area contributed by atoms with Gasteiger partial charge >= 0.3 is 0 Å². The largest absolute Gasteiger partial charge is 0.464 e. The van der Waals surface area contributed by atoms with E-state index in [1.54, 1.807) is 0 Å². The first-order valence-electron chi connectivity index (χ1n) is 7.40. The van der Waals surface area contributed by atoms with Crippen LogP contribution in [-0.4, -0.2) is 13.1 Å². The van der Waals surface area contributed by atoms with Crippen LogP contribution in [0.3, 0.4) is 0 Å². The fraction of sp³-hybridized carbons (Fsp3) is 0.412. The number of nitrogens with one attached hydrogen (secondary N) is 1. The molecule has 0 atom stereocenters. The molecule has 0 saturated heterocycles. The number of nitrogens with zero attached hydrogens (tertiary/aromatic N) is 1. The highest BCUT2D eigenvalue weighted by Crippen LogP contribution is 2.26. The molecule has 1 fully saturated rings. The van der Waals surface area contributed by atoms with Gasteiger partial charge in [-0.25, -0.2) is 0 Å². The number of aryl methyl sites for hydroxylation is 1. The van der Waals surface area contributed by atoms with Crippen LogP contribution < -0.4 is 10.2 Å². The summed E-state index contributed by atoms with van der Waals surface area (Å²) in [6, 6.07) is 11.0. The van der Waals surface area contributed by atoms with Crippen molar-refractivity contribution >= 4 is 17.3 Å². The second-order valence-corrected chi connectivity index (χ2v) is 6.21. The van der Waals surface area contributed by atoms with Crippen LogP contribution in [0.15, 0.2) is 34.7 Å². The van der Waals surface area contributed by atoms with Crippen LogP contribution in [0.4, 0.5) is 5.69 Å². The van der Waals surface area contributed by atoms with Crippen molar-refractivity contribution in [1.29, 1.82) is 0 Å². The second kappa shape index (κ2) is 6.12. The second-order valence-electron chi connectivity index (χ2n) is 5.80. The summed E-state index contributed by atoms with van der Waals surface area (Å²) in [6.45, 7) is 3.55. The van der Waals surface area contributed by atoms with Gasteiger partial charge in [-0.15, -0.1) is 0 Å². The average Bonchev–Trinajstić information content (AvgIpc) is 3.20. The number of benzene rings is 1.